The summed E-state index contributed by atoms with van der Waals surface area (Å²) in [5.74, 6) is -0.370. The van der Waals surface area contributed by atoms with E-state index in [9.17, 15) is 14.7 Å². The second kappa shape index (κ2) is 9.74. The molecule has 0 atom stereocenters. The highest BCUT2D eigenvalue weighted by Gasteiger charge is 2.16. The van der Waals surface area contributed by atoms with Gasteiger partial charge in [0.2, 0.25) is 0 Å². The summed E-state index contributed by atoms with van der Waals surface area (Å²) in [6.07, 6.45) is 2.39. The Hall–Kier alpha value is -3.08. The Morgan fingerprint density at radius 3 is 2.07 bits per heavy atom. The Labute approximate surface area is 166 Å². The topological polar surface area (TPSA) is 78.5 Å². The molecule has 0 heterocycles. The molecule has 0 saturated heterocycles. The van der Waals surface area contributed by atoms with E-state index in [0.717, 1.165) is 22.9 Å². The fourth-order valence-corrected chi connectivity index (χ4v) is 2.86. The number of carbonyl (C=O) groups is 2. The minimum absolute atomic E-state index is 0.113. The van der Waals surface area contributed by atoms with Crippen LogP contribution >= 0.6 is 0 Å². The summed E-state index contributed by atoms with van der Waals surface area (Å²) in [5, 5.41) is 13.4. The minimum atomic E-state index is -1.25. The summed E-state index contributed by atoms with van der Waals surface area (Å²) >= 11 is 0. The van der Waals surface area contributed by atoms with E-state index in [4.69, 9.17) is 4.74 Å². The van der Waals surface area contributed by atoms with Crippen LogP contribution in [0.15, 0.2) is 48.5 Å². The summed E-state index contributed by atoms with van der Waals surface area (Å²) in [7, 11) is 0. The van der Waals surface area contributed by atoms with E-state index >= 15 is 0 Å². The van der Waals surface area contributed by atoms with Crippen molar-refractivity contribution in [1.29, 1.82) is 0 Å². The standard InChI is InChI=1S/C23H27NO4/c1-15(2)19-6-5-7-20(16(3)4)23(19)24-21(25)14-28-18-11-8-17(9-12-18)10-13-22(26)27/h5-13,15-16H,14H2,1-4H3,(H,24,25)(H,26,27)/p-1/b13-10+. The third-order valence-electron chi connectivity index (χ3n) is 4.30. The number of rotatable bonds is 8. The van der Waals surface area contributed by atoms with Crippen LogP contribution < -0.4 is 15.2 Å². The van der Waals surface area contributed by atoms with Gasteiger partial charge in [0.25, 0.3) is 5.91 Å². The van der Waals surface area contributed by atoms with Crippen molar-refractivity contribution in [1.82, 2.24) is 0 Å². The molecule has 2 aromatic carbocycles. The lowest BCUT2D eigenvalue weighted by molar-refractivity contribution is -0.297. The normalized spacial score (nSPS) is 11.2. The lowest BCUT2D eigenvalue weighted by atomic mass is 9.92. The molecule has 0 aliphatic rings. The molecule has 5 nitrogen and oxygen atoms in total. The van der Waals surface area contributed by atoms with E-state index < -0.39 is 5.97 Å². The number of hydrogen-bond donors (Lipinski definition) is 1. The first-order chi connectivity index (χ1) is 13.3. The maximum absolute atomic E-state index is 12.5. The number of carboxylic acids is 1. The number of hydrogen-bond acceptors (Lipinski definition) is 4. The van der Waals surface area contributed by atoms with Gasteiger partial charge in [-0.15, -0.1) is 0 Å². The third-order valence-corrected chi connectivity index (χ3v) is 4.30. The van der Waals surface area contributed by atoms with Crippen molar-refractivity contribution >= 4 is 23.6 Å². The summed E-state index contributed by atoms with van der Waals surface area (Å²) < 4.78 is 5.56. The van der Waals surface area contributed by atoms with Gasteiger partial charge in [-0.25, -0.2) is 0 Å². The fraction of sp³-hybridized carbons (Fsp3) is 0.304. The first kappa shape index (κ1) is 21.2. The number of benzene rings is 2. The highest BCUT2D eigenvalue weighted by Crippen LogP contribution is 2.32. The second-order valence-corrected chi connectivity index (χ2v) is 7.18. The number of anilines is 1. The van der Waals surface area contributed by atoms with E-state index in [0.29, 0.717) is 11.3 Å². The Morgan fingerprint density at radius 1 is 1.00 bits per heavy atom. The largest absolute Gasteiger partial charge is 0.545 e. The average Bonchev–Trinajstić information content (AvgIpc) is 2.65. The van der Waals surface area contributed by atoms with Crippen LogP contribution in [0.5, 0.6) is 5.75 Å². The second-order valence-electron chi connectivity index (χ2n) is 7.18. The predicted octanol–water partition coefficient (Wildman–Crippen LogP) is 3.71. The molecule has 28 heavy (non-hydrogen) atoms. The van der Waals surface area contributed by atoms with Crippen molar-refractivity contribution in [2.45, 2.75) is 39.5 Å². The molecule has 0 unspecified atom stereocenters. The van der Waals surface area contributed by atoms with Crippen molar-refractivity contribution in [2.75, 3.05) is 11.9 Å². The zero-order valence-electron chi connectivity index (χ0n) is 16.7. The highest BCUT2D eigenvalue weighted by molar-refractivity contribution is 5.93. The summed E-state index contributed by atoms with van der Waals surface area (Å²) in [4.78, 5) is 22.9. The van der Waals surface area contributed by atoms with Crippen LogP contribution in [0.3, 0.4) is 0 Å². The van der Waals surface area contributed by atoms with Gasteiger partial charge in [0.15, 0.2) is 6.61 Å². The predicted molar refractivity (Wildman–Crippen MR) is 109 cm³/mol. The van der Waals surface area contributed by atoms with Crippen LogP contribution in [0.4, 0.5) is 5.69 Å². The van der Waals surface area contributed by atoms with Crippen LogP contribution in [-0.4, -0.2) is 18.5 Å². The number of ether oxygens (including phenoxy) is 1. The van der Waals surface area contributed by atoms with Crippen molar-refractivity contribution in [3.05, 3.63) is 65.2 Å². The highest BCUT2D eigenvalue weighted by atomic mass is 16.5. The molecule has 0 radical (unpaired) electrons. The molecule has 1 amide bonds. The zero-order valence-corrected chi connectivity index (χ0v) is 16.7. The van der Waals surface area contributed by atoms with Gasteiger partial charge >= 0.3 is 0 Å². The van der Waals surface area contributed by atoms with Crippen LogP contribution in [0.25, 0.3) is 6.08 Å². The molecule has 0 aliphatic heterocycles. The molecular formula is C23H26NO4-. The van der Waals surface area contributed by atoms with Crippen LogP contribution in [0.1, 0.15) is 56.2 Å². The van der Waals surface area contributed by atoms with Crippen molar-refractivity contribution in [3.8, 4) is 5.75 Å². The molecule has 2 aromatic rings. The molecule has 0 aromatic heterocycles. The zero-order chi connectivity index (χ0) is 20.7. The average molecular weight is 380 g/mol. The number of carbonyl (C=O) groups excluding carboxylic acids is 2. The van der Waals surface area contributed by atoms with Crippen molar-refractivity contribution in [2.24, 2.45) is 0 Å². The Morgan fingerprint density at radius 2 is 1.57 bits per heavy atom. The molecule has 0 spiro atoms. The molecule has 1 N–H and O–H groups in total. The van der Waals surface area contributed by atoms with Gasteiger partial charge in [-0.1, -0.05) is 64.1 Å². The number of carboxylic acid groups (broad SMARTS) is 1. The van der Waals surface area contributed by atoms with Gasteiger partial charge in [-0.05, 0) is 46.7 Å². The van der Waals surface area contributed by atoms with Crippen molar-refractivity contribution < 1.29 is 19.4 Å². The van der Waals surface area contributed by atoms with E-state index in [1.165, 1.54) is 6.08 Å². The number of amides is 1. The molecule has 5 heteroatoms. The SMILES string of the molecule is CC(C)c1cccc(C(C)C)c1NC(=O)COc1ccc(/C=C/C(=O)[O-])cc1. The third kappa shape index (κ3) is 5.98. The van der Waals surface area contributed by atoms with Crippen LogP contribution in [0, 0.1) is 0 Å². The van der Waals surface area contributed by atoms with Gasteiger partial charge < -0.3 is 20.0 Å². The monoisotopic (exact) mass is 380 g/mol. The van der Waals surface area contributed by atoms with Crippen molar-refractivity contribution in [3.63, 3.8) is 0 Å². The van der Waals surface area contributed by atoms with Crippen LogP contribution in [-0.2, 0) is 9.59 Å². The molecule has 0 saturated carbocycles. The van der Waals surface area contributed by atoms with E-state index in [2.05, 4.69) is 33.0 Å². The molecular weight excluding hydrogens is 354 g/mol. The lowest BCUT2D eigenvalue weighted by Crippen LogP contribution is -2.22. The Kier molecular flexibility index (Phi) is 7.38. The van der Waals surface area contributed by atoms with Gasteiger partial charge in [0.05, 0.1) is 5.97 Å². The van der Waals surface area contributed by atoms with Gasteiger partial charge in [-0.2, -0.15) is 0 Å². The molecule has 0 bridgehead atoms. The van der Waals surface area contributed by atoms with E-state index in [1.54, 1.807) is 24.3 Å². The molecule has 2 rings (SSSR count). The molecule has 0 aliphatic carbocycles. The first-order valence-electron chi connectivity index (χ1n) is 9.32. The Balaban J connectivity index is 2.04. The quantitative estimate of drug-likeness (QED) is 0.708. The molecule has 148 valence electrons. The van der Waals surface area contributed by atoms with Crippen LogP contribution in [0.2, 0.25) is 0 Å². The van der Waals surface area contributed by atoms with E-state index in [1.807, 2.05) is 18.2 Å². The lowest BCUT2D eigenvalue weighted by Gasteiger charge is -2.20. The summed E-state index contributed by atoms with van der Waals surface area (Å²) in [6.45, 7) is 8.28. The molecule has 0 fully saturated rings. The minimum Gasteiger partial charge on any atom is -0.545 e. The maximum Gasteiger partial charge on any atom is 0.262 e. The van der Waals surface area contributed by atoms with Gasteiger partial charge in [0, 0.05) is 5.69 Å². The maximum atomic E-state index is 12.5. The smallest absolute Gasteiger partial charge is 0.262 e. The number of aliphatic carboxylic acids is 1. The summed E-state index contributed by atoms with van der Waals surface area (Å²) in [6, 6.07) is 12.9. The van der Waals surface area contributed by atoms with Gasteiger partial charge in [0.1, 0.15) is 5.75 Å². The van der Waals surface area contributed by atoms with Gasteiger partial charge in [-0.3, -0.25) is 4.79 Å². The Bertz CT molecular complexity index is 825. The summed E-state index contributed by atoms with van der Waals surface area (Å²) in [5.41, 5.74) is 3.77. The first-order valence-corrected chi connectivity index (χ1v) is 9.32. The van der Waals surface area contributed by atoms with E-state index in [-0.39, 0.29) is 24.3 Å². The number of nitrogens with one attached hydrogen (secondary N) is 1. The number of para-hydroxylation sites is 1. The fourth-order valence-electron chi connectivity index (χ4n) is 2.86.